The quantitative estimate of drug-likeness (QED) is 0.0405. The molecular formula is C22H37BN6O7. The van der Waals surface area contributed by atoms with Crippen LogP contribution >= 0.6 is 0 Å². The van der Waals surface area contributed by atoms with E-state index in [0.717, 1.165) is 11.3 Å². The SMILES string of the molecule is COc1ccc(CCCC(=O)N[C@@H](CCCNC(=N)N[N+](=O)[O-])C(=O)N[C@@H](CC(C)C)B(O)O)cc1. The van der Waals surface area contributed by atoms with Crippen LogP contribution in [-0.4, -0.2) is 65.6 Å². The van der Waals surface area contributed by atoms with E-state index in [-0.39, 0.29) is 31.2 Å². The molecule has 0 spiro atoms. The highest BCUT2D eigenvalue weighted by Gasteiger charge is 2.29. The second-order valence-corrected chi connectivity index (χ2v) is 8.79. The Labute approximate surface area is 211 Å². The van der Waals surface area contributed by atoms with Crippen LogP contribution < -0.4 is 26.1 Å². The molecule has 13 nitrogen and oxygen atoms in total. The minimum absolute atomic E-state index is 0.0902. The highest BCUT2D eigenvalue weighted by molar-refractivity contribution is 6.43. The number of amides is 2. The number of rotatable bonds is 16. The molecule has 200 valence electrons. The molecule has 2 atom stereocenters. The van der Waals surface area contributed by atoms with Crippen molar-refractivity contribution in [2.45, 2.75) is 64.4 Å². The molecule has 0 heterocycles. The molecule has 1 rings (SSSR count). The zero-order valence-corrected chi connectivity index (χ0v) is 21.0. The summed E-state index contributed by atoms with van der Waals surface area (Å²) in [5, 5.41) is 44.0. The first kappa shape index (κ1) is 30.6. The van der Waals surface area contributed by atoms with E-state index in [2.05, 4.69) is 16.0 Å². The Bertz CT molecular complexity index is 854. The molecule has 0 aliphatic carbocycles. The van der Waals surface area contributed by atoms with Gasteiger partial charge in [0.05, 0.1) is 13.1 Å². The first-order valence-corrected chi connectivity index (χ1v) is 11.8. The van der Waals surface area contributed by atoms with Crippen molar-refractivity contribution >= 4 is 24.9 Å². The molecule has 2 amide bonds. The largest absolute Gasteiger partial charge is 0.497 e. The molecule has 0 unspecified atom stereocenters. The van der Waals surface area contributed by atoms with Crippen LogP contribution in [0.3, 0.4) is 0 Å². The van der Waals surface area contributed by atoms with Gasteiger partial charge in [0.2, 0.25) is 11.8 Å². The van der Waals surface area contributed by atoms with Crippen LogP contribution in [0.4, 0.5) is 0 Å². The molecule has 0 radical (unpaired) electrons. The number of hydrazine groups is 1. The number of nitro groups is 1. The fourth-order valence-corrected chi connectivity index (χ4v) is 3.48. The van der Waals surface area contributed by atoms with E-state index < -0.39 is 36.0 Å². The number of hydrogen-bond acceptors (Lipinski definition) is 8. The lowest BCUT2D eigenvalue weighted by molar-refractivity contribution is -0.525. The fraction of sp³-hybridized carbons (Fsp3) is 0.591. The lowest BCUT2D eigenvalue weighted by atomic mass is 9.75. The number of ether oxygens (including phenoxy) is 1. The average Bonchev–Trinajstić information content (AvgIpc) is 2.80. The zero-order chi connectivity index (χ0) is 27.1. The number of nitrogens with one attached hydrogen (secondary N) is 5. The first-order valence-electron chi connectivity index (χ1n) is 11.8. The molecule has 0 aliphatic heterocycles. The van der Waals surface area contributed by atoms with Gasteiger partial charge in [0.1, 0.15) is 11.8 Å². The summed E-state index contributed by atoms with van der Waals surface area (Å²) in [6.45, 7) is 3.90. The third kappa shape index (κ3) is 12.9. The van der Waals surface area contributed by atoms with Gasteiger partial charge < -0.3 is 30.7 Å². The van der Waals surface area contributed by atoms with Crippen LogP contribution in [0.5, 0.6) is 5.75 Å². The molecule has 1 aromatic carbocycles. The van der Waals surface area contributed by atoms with Gasteiger partial charge in [-0.3, -0.25) is 15.0 Å². The summed E-state index contributed by atoms with van der Waals surface area (Å²) in [4.78, 5) is 35.8. The second-order valence-electron chi connectivity index (χ2n) is 8.79. The van der Waals surface area contributed by atoms with Crippen LogP contribution in [-0.2, 0) is 16.0 Å². The van der Waals surface area contributed by atoms with E-state index in [9.17, 15) is 29.8 Å². The van der Waals surface area contributed by atoms with Crippen molar-refractivity contribution in [1.82, 2.24) is 21.4 Å². The van der Waals surface area contributed by atoms with E-state index in [4.69, 9.17) is 10.1 Å². The lowest BCUT2D eigenvalue weighted by Gasteiger charge is -2.24. The van der Waals surface area contributed by atoms with Crippen LogP contribution in [0.2, 0.25) is 0 Å². The van der Waals surface area contributed by atoms with Gasteiger partial charge in [-0.1, -0.05) is 31.4 Å². The summed E-state index contributed by atoms with van der Waals surface area (Å²) in [6, 6.07) is 6.56. The van der Waals surface area contributed by atoms with E-state index in [1.165, 1.54) is 0 Å². The Morgan fingerprint density at radius 1 is 1.17 bits per heavy atom. The normalized spacial score (nSPS) is 12.3. The van der Waals surface area contributed by atoms with Crippen molar-refractivity contribution < 1.29 is 29.4 Å². The first-order chi connectivity index (χ1) is 17.0. The molecular weight excluding hydrogens is 471 g/mol. The highest BCUT2D eigenvalue weighted by atomic mass is 16.7. The Morgan fingerprint density at radius 3 is 2.39 bits per heavy atom. The van der Waals surface area contributed by atoms with Gasteiger partial charge in [-0.25, -0.2) is 10.1 Å². The summed E-state index contributed by atoms with van der Waals surface area (Å²) in [7, 11) is -0.172. The number of guanidine groups is 1. The standard InChI is InChI=1S/C22H37BN6O7/c1-15(2)14-19(23(32)33)27-21(31)18(7-5-13-25-22(24)28-29(34)35)26-20(30)8-4-6-16-9-11-17(36-3)12-10-16/h9-12,15,18-19,32-33H,4-8,13-14H2,1-3H3,(H,26,30)(H,27,31)(H3,24,25,28)/t18-,19-/m0/s1. The lowest BCUT2D eigenvalue weighted by Crippen LogP contribution is -2.54. The van der Waals surface area contributed by atoms with Gasteiger partial charge in [-0.15, -0.1) is 0 Å². The summed E-state index contributed by atoms with van der Waals surface area (Å²) in [5.74, 6) is -1.45. The number of methoxy groups -OCH3 is 1. The summed E-state index contributed by atoms with van der Waals surface area (Å²) >= 11 is 0. The van der Waals surface area contributed by atoms with Crippen LogP contribution in [0.25, 0.3) is 0 Å². The van der Waals surface area contributed by atoms with Crippen LogP contribution in [0.1, 0.15) is 51.5 Å². The van der Waals surface area contributed by atoms with Crippen molar-refractivity contribution in [3.63, 3.8) is 0 Å². The number of aryl methyl sites for hydroxylation is 1. The van der Waals surface area contributed by atoms with Crippen molar-refractivity contribution in [2.24, 2.45) is 5.92 Å². The van der Waals surface area contributed by atoms with Crippen molar-refractivity contribution in [2.75, 3.05) is 13.7 Å². The van der Waals surface area contributed by atoms with Crippen LogP contribution in [0, 0.1) is 21.4 Å². The maximum Gasteiger partial charge on any atom is 0.475 e. The molecule has 0 saturated heterocycles. The minimum Gasteiger partial charge on any atom is -0.497 e. The smallest absolute Gasteiger partial charge is 0.475 e. The molecule has 7 N–H and O–H groups in total. The van der Waals surface area contributed by atoms with Crippen molar-refractivity contribution in [3.05, 3.63) is 39.9 Å². The minimum atomic E-state index is -1.76. The third-order valence-electron chi connectivity index (χ3n) is 5.27. The van der Waals surface area contributed by atoms with Crippen LogP contribution in [0.15, 0.2) is 24.3 Å². The molecule has 1 aromatic rings. The summed E-state index contributed by atoms with van der Waals surface area (Å²) < 4.78 is 5.13. The number of nitrogens with zero attached hydrogens (tertiary/aromatic N) is 1. The van der Waals surface area contributed by atoms with E-state index >= 15 is 0 Å². The number of benzene rings is 1. The molecule has 0 aliphatic rings. The summed E-state index contributed by atoms with van der Waals surface area (Å²) in [6.07, 6.45) is 2.22. The van der Waals surface area contributed by atoms with Gasteiger partial charge >= 0.3 is 7.12 Å². The number of hydrogen-bond donors (Lipinski definition) is 7. The average molecular weight is 508 g/mol. The maximum atomic E-state index is 12.9. The van der Waals surface area contributed by atoms with E-state index in [1.807, 2.05) is 38.1 Å². The molecule has 0 fully saturated rings. The van der Waals surface area contributed by atoms with Gasteiger partial charge in [0.15, 0.2) is 5.03 Å². The molecule has 0 saturated carbocycles. The van der Waals surface area contributed by atoms with Gasteiger partial charge in [-0.2, -0.15) is 0 Å². The van der Waals surface area contributed by atoms with Crippen molar-refractivity contribution in [1.29, 1.82) is 5.41 Å². The van der Waals surface area contributed by atoms with Gasteiger partial charge in [0.25, 0.3) is 5.96 Å². The second kappa shape index (κ2) is 16.3. The van der Waals surface area contributed by atoms with E-state index in [0.29, 0.717) is 25.7 Å². The Morgan fingerprint density at radius 2 is 1.83 bits per heavy atom. The molecule has 14 heteroatoms. The monoisotopic (exact) mass is 508 g/mol. The fourth-order valence-electron chi connectivity index (χ4n) is 3.48. The number of carbonyl (C=O) groups excluding carboxylic acids is 2. The molecule has 0 aromatic heterocycles. The highest BCUT2D eigenvalue weighted by Crippen LogP contribution is 2.13. The zero-order valence-electron chi connectivity index (χ0n) is 21.0. The third-order valence-corrected chi connectivity index (χ3v) is 5.27. The van der Waals surface area contributed by atoms with E-state index in [1.54, 1.807) is 12.5 Å². The number of carbonyl (C=O) groups is 2. The Kier molecular flexibility index (Phi) is 13.9. The Hall–Kier alpha value is -3.39. The van der Waals surface area contributed by atoms with Gasteiger partial charge in [-0.05, 0) is 55.7 Å². The Balaban J connectivity index is 2.68. The van der Waals surface area contributed by atoms with Gasteiger partial charge in [0, 0.05) is 13.0 Å². The molecule has 36 heavy (non-hydrogen) atoms. The predicted octanol–water partition coefficient (Wildman–Crippen LogP) is 0.131. The molecule has 0 bridgehead atoms. The predicted molar refractivity (Wildman–Crippen MR) is 135 cm³/mol. The maximum absolute atomic E-state index is 12.9. The van der Waals surface area contributed by atoms with Crippen molar-refractivity contribution in [3.8, 4) is 5.75 Å². The topological polar surface area (TPSA) is 199 Å². The summed E-state index contributed by atoms with van der Waals surface area (Å²) in [5.41, 5.74) is 2.71.